The van der Waals surface area contributed by atoms with Crippen molar-refractivity contribution in [3.63, 3.8) is 0 Å². The van der Waals surface area contributed by atoms with E-state index in [1.807, 2.05) is 0 Å². The molecule has 1 saturated heterocycles. The number of halogens is 1. The summed E-state index contributed by atoms with van der Waals surface area (Å²) in [6.07, 6.45) is 0.116. The molecule has 1 aromatic carbocycles. The fourth-order valence-electron chi connectivity index (χ4n) is 2.40. The van der Waals surface area contributed by atoms with E-state index in [0.29, 0.717) is 5.56 Å². The molecule has 1 fully saturated rings. The number of carbonyl (C=O) groups is 2. The first-order valence-electron chi connectivity index (χ1n) is 6.75. The summed E-state index contributed by atoms with van der Waals surface area (Å²) in [7, 11) is 0. The van der Waals surface area contributed by atoms with Gasteiger partial charge in [-0.25, -0.2) is 9.18 Å². The molecule has 0 bridgehead atoms. The van der Waals surface area contributed by atoms with Gasteiger partial charge in [-0.2, -0.15) is 0 Å². The van der Waals surface area contributed by atoms with Crippen LogP contribution in [0.5, 0.6) is 0 Å². The Balaban J connectivity index is 1.93. The Hall–Kier alpha value is -2.51. The first-order valence-corrected chi connectivity index (χ1v) is 6.75. The molecule has 8 heteroatoms. The van der Waals surface area contributed by atoms with Gasteiger partial charge < -0.3 is 10.0 Å². The molecule has 1 aliphatic rings. The number of nitro benzene ring substituents is 1. The minimum atomic E-state index is -2.37. The van der Waals surface area contributed by atoms with Crippen LogP contribution in [0, 0.1) is 10.1 Å². The second-order valence-electron chi connectivity index (χ2n) is 5.26. The SMILES string of the molecule is O=C(CCc1cccc([N+](=O)[O-])c1)N1CCC(F)(C(=O)O)C1. The van der Waals surface area contributed by atoms with Gasteiger partial charge in [0, 0.05) is 31.5 Å². The van der Waals surface area contributed by atoms with Crippen LogP contribution < -0.4 is 0 Å². The number of carboxylic acid groups (broad SMARTS) is 1. The number of amides is 1. The number of nitrogens with zero attached hydrogens (tertiary/aromatic N) is 2. The van der Waals surface area contributed by atoms with Crippen LogP contribution in [0.4, 0.5) is 10.1 Å². The summed E-state index contributed by atoms with van der Waals surface area (Å²) in [6.45, 7) is -0.382. The van der Waals surface area contributed by atoms with E-state index in [-0.39, 0.29) is 37.4 Å². The van der Waals surface area contributed by atoms with Gasteiger partial charge in [-0.15, -0.1) is 0 Å². The Morgan fingerprint density at radius 3 is 2.77 bits per heavy atom. The molecule has 1 heterocycles. The fraction of sp³-hybridized carbons (Fsp3) is 0.429. The second kappa shape index (κ2) is 6.08. The van der Waals surface area contributed by atoms with Crippen molar-refractivity contribution < 1.29 is 24.0 Å². The van der Waals surface area contributed by atoms with E-state index in [0.717, 1.165) is 0 Å². The third kappa shape index (κ3) is 3.38. The summed E-state index contributed by atoms with van der Waals surface area (Å²) < 4.78 is 13.9. The zero-order valence-corrected chi connectivity index (χ0v) is 11.7. The van der Waals surface area contributed by atoms with Crippen molar-refractivity contribution in [1.82, 2.24) is 4.90 Å². The molecule has 0 radical (unpaired) electrons. The van der Waals surface area contributed by atoms with Crippen LogP contribution in [0.2, 0.25) is 0 Å². The molecule has 1 N–H and O–H groups in total. The lowest BCUT2D eigenvalue weighted by atomic mass is 10.1. The molecule has 7 nitrogen and oxygen atoms in total. The molecule has 1 amide bonds. The van der Waals surface area contributed by atoms with Crippen LogP contribution >= 0.6 is 0 Å². The molecule has 1 aliphatic heterocycles. The van der Waals surface area contributed by atoms with Crippen LogP contribution in [0.3, 0.4) is 0 Å². The average Bonchev–Trinajstić information content (AvgIpc) is 2.89. The van der Waals surface area contributed by atoms with E-state index in [1.54, 1.807) is 6.07 Å². The number of nitro groups is 1. The number of aryl methyl sites for hydroxylation is 1. The summed E-state index contributed by atoms with van der Waals surface area (Å²) in [5, 5.41) is 19.5. The number of likely N-dealkylation sites (tertiary alicyclic amines) is 1. The molecule has 22 heavy (non-hydrogen) atoms. The zero-order valence-electron chi connectivity index (χ0n) is 11.7. The summed E-state index contributed by atoms with van der Waals surface area (Å²) in [5.74, 6) is -1.91. The van der Waals surface area contributed by atoms with Crippen molar-refractivity contribution >= 4 is 17.6 Å². The van der Waals surface area contributed by atoms with Crippen LogP contribution in [0.25, 0.3) is 0 Å². The Kier molecular flexibility index (Phi) is 4.39. The lowest BCUT2D eigenvalue weighted by Gasteiger charge is -2.17. The van der Waals surface area contributed by atoms with E-state index < -0.39 is 23.1 Å². The lowest BCUT2D eigenvalue weighted by Crippen LogP contribution is -2.38. The third-order valence-electron chi connectivity index (χ3n) is 3.70. The van der Waals surface area contributed by atoms with E-state index in [4.69, 9.17) is 5.11 Å². The van der Waals surface area contributed by atoms with Crippen molar-refractivity contribution in [1.29, 1.82) is 0 Å². The zero-order chi connectivity index (χ0) is 16.3. The molecule has 0 saturated carbocycles. The van der Waals surface area contributed by atoms with Gasteiger partial charge in [0.05, 0.1) is 11.5 Å². The molecule has 118 valence electrons. The Morgan fingerprint density at radius 1 is 1.45 bits per heavy atom. The number of non-ortho nitro benzene ring substituents is 1. The smallest absolute Gasteiger partial charge is 0.343 e. The van der Waals surface area contributed by atoms with Gasteiger partial charge in [-0.1, -0.05) is 12.1 Å². The van der Waals surface area contributed by atoms with E-state index in [9.17, 15) is 24.1 Å². The summed E-state index contributed by atoms with van der Waals surface area (Å²) >= 11 is 0. The number of rotatable bonds is 5. The largest absolute Gasteiger partial charge is 0.479 e. The molecule has 0 aliphatic carbocycles. The van der Waals surface area contributed by atoms with Crippen molar-refractivity contribution in [3.05, 3.63) is 39.9 Å². The summed E-state index contributed by atoms with van der Waals surface area (Å²) in [5.41, 5.74) is -1.80. The Labute approximate surface area is 125 Å². The van der Waals surface area contributed by atoms with Crippen molar-refractivity contribution in [2.75, 3.05) is 13.1 Å². The average molecular weight is 310 g/mol. The normalized spacial score (nSPS) is 20.9. The lowest BCUT2D eigenvalue weighted by molar-refractivity contribution is -0.384. The molecule has 1 unspecified atom stereocenters. The molecular formula is C14H15FN2O5. The Bertz CT molecular complexity index is 621. The van der Waals surface area contributed by atoms with Gasteiger partial charge in [0.2, 0.25) is 11.6 Å². The second-order valence-corrected chi connectivity index (χ2v) is 5.26. The molecule has 1 atom stereocenters. The van der Waals surface area contributed by atoms with E-state index in [1.165, 1.54) is 23.1 Å². The highest BCUT2D eigenvalue weighted by molar-refractivity contribution is 5.82. The van der Waals surface area contributed by atoms with Crippen LogP contribution in [-0.4, -0.2) is 45.6 Å². The standard InChI is InChI=1S/C14H15FN2O5/c15-14(13(19)20)6-7-16(9-14)12(18)5-4-10-2-1-3-11(8-10)17(21)22/h1-3,8H,4-7,9H2,(H,19,20). The van der Waals surface area contributed by atoms with Gasteiger partial charge in [0.15, 0.2) is 0 Å². The molecule has 0 aromatic heterocycles. The Morgan fingerprint density at radius 2 is 2.18 bits per heavy atom. The summed E-state index contributed by atoms with van der Waals surface area (Å²) in [4.78, 5) is 34.1. The van der Waals surface area contributed by atoms with Gasteiger partial charge in [0.25, 0.3) is 5.69 Å². The number of carbonyl (C=O) groups excluding carboxylic acids is 1. The number of carboxylic acids is 1. The number of hydrogen-bond donors (Lipinski definition) is 1. The predicted octanol–water partition coefficient (Wildman–Crippen LogP) is 1.55. The van der Waals surface area contributed by atoms with Crippen LogP contribution in [-0.2, 0) is 16.0 Å². The predicted molar refractivity (Wildman–Crippen MR) is 74.1 cm³/mol. The summed E-state index contributed by atoms with van der Waals surface area (Å²) in [6, 6.07) is 5.94. The molecular weight excluding hydrogens is 295 g/mol. The topological polar surface area (TPSA) is 101 Å². The van der Waals surface area contributed by atoms with E-state index >= 15 is 0 Å². The van der Waals surface area contributed by atoms with Gasteiger partial charge in [-0.05, 0) is 12.0 Å². The molecule has 1 aromatic rings. The van der Waals surface area contributed by atoms with Crippen molar-refractivity contribution in [3.8, 4) is 0 Å². The maximum atomic E-state index is 13.9. The maximum absolute atomic E-state index is 13.9. The number of benzene rings is 1. The number of hydrogen-bond acceptors (Lipinski definition) is 4. The van der Waals surface area contributed by atoms with Crippen LogP contribution in [0.15, 0.2) is 24.3 Å². The van der Waals surface area contributed by atoms with Crippen molar-refractivity contribution in [2.45, 2.75) is 24.9 Å². The van der Waals surface area contributed by atoms with Gasteiger partial charge in [-0.3, -0.25) is 14.9 Å². The maximum Gasteiger partial charge on any atom is 0.343 e. The first kappa shape index (κ1) is 15.9. The van der Waals surface area contributed by atoms with Gasteiger partial charge in [0.1, 0.15) is 0 Å². The fourth-order valence-corrected chi connectivity index (χ4v) is 2.40. The number of alkyl halides is 1. The monoisotopic (exact) mass is 310 g/mol. The highest BCUT2D eigenvalue weighted by Gasteiger charge is 2.46. The quantitative estimate of drug-likeness (QED) is 0.657. The molecule has 2 rings (SSSR count). The number of aliphatic carboxylic acids is 1. The molecule has 0 spiro atoms. The first-order chi connectivity index (χ1) is 10.3. The minimum Gasteiger partial charge on any atom is -0.479 e. The van der Waals surface area contributed by atoms with E-state index in [2.05, 4.69) is 0 Å². The third-order valence-corrected chi connectivity index (χ3v) is 3.70. The van der Waals surface area contributed by atoms with Crippen LogP contribution in [0.1, 0.15) is 18.4 Å². The van der Waals surface area contributed by atoms with Crippen molar-refractivity contribution in [2.24, 2.45) is 0 Å². The highest BCUT2D eigenvalue weighted by Crippen LogP contribution is 2.26. The van der Waals surface area contributed by atoms with Gasteiger partial charge >= 0.3 is 5.97 Å². The minimum absolute atomic E-state index is 0.0524. The highest BCUT2D eigenvalue weighted by atomic mass is 19.1.